The number of aliphatic hydroxyl groups excluding tert-OH is 1. The number of rotatable bonds is 11. The number of allylic oxidation sites excluding steroid dienone is 1. The largest absolute Gasteiger partial charge is 0.461 e. The number of cyclic esters (lactones) is 1. The Hall–Kier alpha value is -1.36. The second-order valence-electron chi connectivity index (χ2n) is 8.36. The summed E-state index contributed by atoms with van der Waals surface area (Å²) in [5, 5.41) is 9.70. The van der Waals surface area contributed by atoms with Gasteiger partial charge in [-0.05, 0) is 34.1 Å². The van der Waals surface area contributed by atoms with Crippen LogP contribution in [-0.2, 0) is 19.1 Å². The molecule has 0 aliphatic carbocycles. The zero-order valence-electron chi connectivity index (χ0n) is 17.2. The summed E-state index contributed by atoms with van der Waals surface area (Å²) in [5.41, 5.74) is -0.305. The molecule has 1 unspecified atom stereocenters. The van der Waals surface area contributed by atoms with E-state index in [-0.39, 0.29) is 25.6 Å². The third-order valence-corrected chi connectivity index (χ3v) is 5.12. The van der Waals surface area contributed by atoms with Crippen LogP contribution in [0.15, 0.2) is 11.1 Å². The Balaban J connectivity index is 2.50. The van der Waals surface area contributed by atoms with Crippen LogP contribution in [0, 0.1) is 5.41 Å². The van der Waals surface area contributed by atoms with Crippen molar-refractivity contribution >= 4 is 11.9 Å². The molecule has 0 amide bonds. The van der Waals surface area contributed by atoms with Gasteiger partial charge in [-0.25, -0.2) is 4.79 Å². The molecule has 1 saturated heterocycles. The quantitative estimate of drug-likeness (QED) is 0.334. The van der Waals surface area contributed by atoms with Gasteiger partial charge in [-0.15, -0.1) is 0 Å². The Bertz CT molecular complexity index is 516. The van der Waals surface area contributed by atoms with Crippen LogP contribution in [0.1, 0.15) is 86.0 Å². The summed E-state index contributed by atoms with van der Waals surface area (Å²) >= 11 is 0. The van der Waals surface area contributed by atoms with E-state index in [4.69, 9.17) is 9.47 Å². The summed E-state index contributed by atoms with van der Waals surface area (Å²) in [6, 6.07) is 0. The molecule has 5 nitrogen and oxygen atoms in total. The number of aliphatic hydroxyl groups is 1. The van der Waals surface area contributed by atoms with Crippen molar-refractivity contribution in [3.05, 3.63) is 11.1 Å². The lowest BCUT2D eigenvalue weighted by atomic mass is 9.86. The van der Waals surface area contributed by atoms with E-state index >= 15 is 0 Å². The Morgan fingerprint density at radius 3 is 2.35 bits per heavy atom. The molecule has 0 saturated carbocycles. The lowest BCUT2D eigenvalue weighted by Crippen LogP contribution is -2.41. The zero-order valence-corrected chi connectivity index (χ0v) is 17.2. The second-order valence-corrected chi connectivity index (χ2v) is 8.36. The molecule has 26 heavy (non-hydrogen) atoms. The van der Waals surface area contributed by atoms with E-state index in [1.54, 1.807) is 0 Å². The van der Waals surface area contributed by atoms with Gasteiger partial charge in [0.25, 0.3) is 0 Å². The smallest absolute Gasteiger partial charge is 0.334 e. The van der Waals surface area contributed by atoms with Crippen LogP contribution in [0.25, 0.3) is 0 Å². The molecule has 0 aromatic heterocycles. The number of ether oxygens (including phenoxy) is 2. The van der Waals surface area contributed by atoms with Crippen LogP contribution < -0.4 is 0 Å². The molecular formula is C21H36O5. The van der Waals surface area contributed by atoms with Crippen molar-refractivity contribution in [3.8, 4) is 0 Å². The Morgan fingerprint density at radius 1 is 1.19 bits per heavy atom. The average Bonchev–Trinajstić information content (AvgIpc) is 2.93. The molecule has 1 aliphatic rings. The van der Waals surface area contributed by atoms with E-state index < -0.39 is 17.0 Å². The Morgan fingerprint density at radius 2 is 1.81 bits per heavy atom. The van der Waals surface area contributed by atoms with E-state index in [1.165, 1.54) is 25.7 Å². The Labute approximate surface area is 158 Å². The van der Waals surface area contributed by atoms with Gasteiger partial charge in [0.15, 0.2) is 5.60 Å². The molecule has 0 spiro atoms. The summed E-state index contributed by atoms with van der Waals surface area (Å²) in [5.74, 6) is -0.734. The highest BCUT2D eigenvalue weighted by atomic mass is 16.6. The number of hydrogen-bond donors (Lipinski definition) is 1. The number of carbonyl (C=O) groups excluding carboxylic acids is 2. The third-order valence-electron chi connectivity index (χ3n) is 5.12. The second kappa shape index (κ2) is 10.1. The molecule has 150 valence electrons. The van der Waals surface area contributed by atoms with E-state index in [0.29, 0.717) is 5.57 Å². The van der Waals surface area contributed by atoms with E-state index in [0.717, 1.165) is 24.8 Å². The first-order valence-electron chi connectivity index (χ1n) is 9.85. The van der Waals surface area contributed by atoms with Crippen LogP contribution in [-0.4, -0.2) is 35.9 Å². The predicted octanol–water partition coefficient (Wildman–Crippen LogP) is 4.32. The summed E-state index contributed by atoms with van der Waals surface area (Å²) < 4.78 is 10.8. The molecule has 0 bridgehead atoms. The van der Waals surface area contributed by atoms with Gasteiger partial charge in [0.2, 0.25) is 0 Å². The third kappa shape index (κ3) is 6.42. The van der Waals surface area contributed by atoms with Crippen LogP contribution in [0.2, 0.25) is 0 Å². The van der Waals surface area contributed by atoms with Crippen molar-refractivity contribution in [1.29, 1.82) is 0 Å². The molecule has 1 heterocycles. The minimum atomic E-state index is -1.14. The Kier molecular flexibility index (Phi) is 8.81. The molecule has 0 radical (unpaired) electrons. The van der Waals surface area contributed by atoms with Gasteiger partial charge < -0.3 is 14.6 Å². The van der Waals surface area contributed by atoms with E-state index in [2.05, 4.69) is 6.92 Å². The number of hydrogen-bond acceptors (Lipinski definition) is 5. The van der Waals surface area contributed by atoms with E-state index in [1.807, 2.05) is 27.7 Å². The molecule has 1 rings (SSSR count). The van der Waals surface area contributed by atoms with Crippen molar-refractivity contribution in [2.45, 2.75) is 91.6 Å². The first-order valence-corrected chi connectivity index (χ1v) is 9.85. The topological polar surface area (TPSA) is 72.8 Å². The van der Waals surface area contributed by atoms with Gasteiger partial charge in [-0.3, -0.25) is 4.79 Å². The van der Waals surface area contributed by atoms with Gasteiger partial charge in [0, 0.05) is 12.0 Å². The van der Waals surface area contributed by atoms with Crippen LogP contribution in [0.5, 0.6) is 0 Å². The number of unbranched alkanes of at least 4 members (excludes halogenated alkanes) is 5. The molecule has 0 aromatic rings. The van der Waals surface area contributed by atoms with Gasteiger partial charge in [0.1, 0.15) is 6.61 Å². The maximum atomic E-state index is 12.5. The fourth-order valence-electron chi connectivity index (χ4n) is 3.13. The minimum absolute atomic E-state index is 0.106. The van der Waals surface area contributed by atoms with Crippen LogP contribution >= 0.6 is 0 Å². The van der Waals surface area contributed by atoms with Gasteiger partial charge in [-0.1, -0.05) is 51.0 Å². The van der Waals surface area contributed by atoms with Crippen molar-refractivity contribution in [3.63, 3.8) is 0 Å². The fraction of sp³-hybridized carbons (Fsp3) is 0.810. The average molecular weight is 369 g/mol. The van der Waals surface area contributed by atoms with Crippen molar-refractivity contribution < 1.29 is 24.2 Å². The van der Waals surface area contributed by atoms with Crippen LogP contribution in [0.3, 0.4) is 0 Å². The van der Waals surface area contributed by atoms with E-state index in [9.17, 15) is 14.7 Å². The SMILES string of the molecule is CCCCCCCCC(C)(C)C(=O)OCC1(CO)CC(=C(C)C)C(=O)O1. The highest BCUT2D eigenvalue weighted by Gasteiger charge is 2.45. The standard InChI is InChI=1S/C21H36O5/c1-6-7-8-9-10-11-12-20(4,5)19(24)25-15-21(14-22)13-17(16(2)3)18(23)26-21/h22H,6-15H2,1-5H3. The first-order chi connectivity index (χ1) is 12.2. The van der Waals surface area contributed by atoms with Crippen LogP contribution in [0.4, 0.5) is 0 Å². The molecule has 0 aromatic carbocycles. The van der Waals surface area contributed by atoms with Gasteiger partial charge in [-0.2, -0.15) is 0 Å². The molecule has 1 atom stereocenters. The minimum Gasteiger partial charge on any atom is -0.461 e. The molecule has 5 heteroatoms. The number of carbonyl (C=O) groups is 2. The molecule has 1 N–H and O–H groups in total. The fourth-order valence-corrected chi connectivity index (χ4v) is 3.13. The summed E-state index contributed by atoms with van der Waals surface area (Å²) in [6.45, 7) is 9.16. The van der Waals surface area contributed by atoms with Gasteiger partial charge in [0.05, 0.1) is 12.0 Å². The highest BCUT2D eigenvalue weighted by molar-refractivity contribution is 5.92. The summed E-state index contributed by atoms with van der Waals surface area (Å²) in [4.78, 5) is 24.4. The van der Waals surface area contributed by atoms with Gasteiger partial charge >= 0.3 is 11.9 Å². The maximum Gasteiger partial charge on any atom is 0.334 e. The van der Waals surface area contributed by atoms with Crippen molar-refractivity contribution in [2.24, 2.45) is 5.41 Å². The molecular weight excluding hydrogens is 332 g/mol. The molecule has 1 aliphatic heterocycles. The zero-order chi connectivity index (χ0) is 19.8. The monoisotopic (exact) mass is 368 g/mol. The van der Waals surface area contributed by atoms with Crippen molar-refractivity contribution in [1.82, 2.24) is 0 Å². The molecule has 1 fully saturated rings. The number of esters is 2. The first kappa shape index (κ1) is 22.7. The lowest BCUT2D eigenvalue weighted by molar-refractivity contribution is -0.172. The summed E-state index contributed by atoms with van der Waals surface area (Å²) in [6.07, 6.45) is 8.10. The predicted molar refractivity (Wildman–Crippen MR) is 102 cm³/mol. The normalized spacial score (nSPS) is 20.2. The highest BCUT2D eigenvalue weighted by Crippen LogP contribution is 2.34. The maximum absolute atomic E-state index is 12.5. The lowest BCUT2D eigenvalue weighted by Gasteiger charge is -2.28. The van der Waals surface area contributed by atoms with Crippen molar-refractivity contribution in [2.75, 3.05) is 13.2 Å². The summed E-state index contributed by atoms with van der Waals surface area (Å²) in [7, 11) is 0.